The Morgan fingerprint density at radius 1 is 1.03 bits per heavy atom. The van der Waals surface area contributed by atoms with Crippen LogP contribution in [-0.2, 0) is 4.79 Å². The van der Waals surface area contributed by atoms with Gasteiger partial charge in [-0.2, -0.15) is 0 Å². The van der Waals surface area contributed by atoms with Crippen molar-refractivity contribution in [2.75, 3.05) is 27.7 Å². The fourth-order valence-electron chi connectivity index (χ4n) is 3.23. The maximum atomic E-state index is 12.0. The molecule has 29 heavy (non-hydrogen) atoms. The van der Waals surface area contributed by atoms with E-state index in [1.54, 1.807) is 19.0 Å². The maximum absolute atomic E-state index is 12.0. The van der Waals surface area contributed by atoms with Gasteiger partial charge in [0.25, 0.3) is 0 Å². The first-order chi connectivity index (χ1) is 13.9. The molecule has 0 aliphatic carbocycles. The lowest BCUT2D eigenvalue weighted by atomic mass is 9.96. The third kappa shape index (κ3) is 4.72. The predicted molar refractivity (Wildman–Crippen MR) is 121 cm³/mol. The van der Waals surface area contributed by atoms with Crippen LogP contribution < -0.4 is 0 Å². The molecule has 0 saturated carbocycles. The monoisotopic (exact) mass is 385 g/mol. The molecule has 148 valence electrons. The van der Waals surface area contributed by atoms with Crippen LogP contribution in [0.15, 0.2) is 79.3 Å². The fraction of sp³-hybridized carbons (Fsp3) is 0.200. The second-order valence-electron chi connectivity index (χ2n) is 7.51. The molecule has 4 heteroatoms. The highest BCUT2D eigenvalue weighted by Gasteiger charge is 2.10. The quantitative estimate of drug-likeness (QED) is 0.570. The molecule has 1 heterocycles. The van der Waals surface area contributed by atoms with Crippen LogP contribution in [0.1, 0.15) is 12.5 Å². The number of likely N-dealkylation sites (N-methyl/N-ethyl adjacent to an activating group) is 2. The van der Waals surface area contributed by atoms with Crippen molar-refractivity contribution in [3.05, 3.63) is 84.8 Å². The van der Waals surface area contributed by atoms with Crippen molar-refractivity contribution in [2.24, 2.45) is 0 Å². The standard InChI is InChI=1S/C25H27N3O/c1-18(2)24(16-28(5)17-25(29)27(3)4)20-12-10-19(11-13-20)23-15-26-14-21-8-6-7-9-22(21)23/h6-16H,1,17H2,2-5H3/b24-16+. The van der Waals surface area contributed by atoms with Gasteiger partial charge < -0.3 is 9.80 Å². The van der Waals surface area contributed by atoms with Gasteiger partial charge >= 0.3 is 0 Å². The molecule has 0 unspecified atom stereocenters. The third-order valence-electron chi connectivity index (χ3n) is 4.87. The molecule has 2 aromatic carbocycles. The number of carbonyl (C=O) groups excluding carboxylic acids is 1. The van der Waals surface area contributed by atoms with E-state index in [-0.39, 0.29) is 5.91 Å². The summed E-state index contributed by atoms with van der Waals surface area (Å²) in [6, 6.07) is 16.7. The van der Waals surface area contributed by atoms with Gasteiger partial charge in [0.2, 0.25) is 5.91 Å². The third-order valence-corrected chi connectivity index (χ3v) is 4.87. The molecular formula is C25H27N3O. The molecule has 3 aromatic rings. The van der Waals surface area contributed by atoms with Crippen molar-refractivity contribution in [1.29, 1.82) is 0 Å². The number of nitrogens with zero attached hydrogens (tertiary/aromatic N) is 3. The summed E-state index contributed by atoms with van der Waals surface area (Å²) in [5, 5.41) is 2.32. The predicted octanol–water partition coefficient (Wildman–Crippen LogP) is 4.84. The maximum Gasteiger partial charge on any atom is 0.241 e. The number of rotatable bonds is 6. The van der Waals surface area contributed by atoms with Gasteiger partial charge in [0, 0.05) is 50.7 Å². The second kappa shape index (κ2) is 8.74. The Labute approximate surface area is 172 Å². The normalized spacial score (nSPS) is 11.4. The average molecular weight is 386 g/mol. The number of allylic oxidation sites excluding steroid dienone is 2. The highest BCUT2D eigenvalue weighted by atomic mass is 16.2. The molecule has 0 radical (unpaired) electrons. The van der Waals surface area contributed by atoms with Crippen molar-refractivity contribution in [3.8, 4) is 11.1 Å². The van der Waals surface area contributed by atoms with Gasteiger partial charge in [-0.3, -0.25) is 9.78 Å². The number of fused-ring (bicyclic) bond motifs is 1. The van der Waals surface area contributed by atoms with Gasteiger partial charge in [0.05, 0.1) is 6.54 Å². The lowest BCUT2D eigenvalue weighted by Crippen LogP contribution is -2.32. The Bertz CT molecular complexity index is 1060. The van der Waals surface area contributed by atoms with E-state index in [9.17, 15) is 4.79 Å². The molecule has 1 aromatic heterocycles. The van der Waals surface area contributed by atoms with Crippen molar-refractivity contribution in [1.82, 2.24) is 14.8 Å². The van der Waals surface area contributed by atoms with E-state index in [1.807, 2.05) is 49.6 Å². The molecule has 0 aliphatic heterocycles. The largest absolute Gasteiger partial charge is 0.371 e. The number of hydrogen-bond donors (Lipinski definition) is 0. The molecule has 0 bridgehead atoms. The molecule has 1 amide bonds. The van der Waals surface area contributed by atoms with Gasteiger partial charge in [-0.1, -0.05) is 55.1 Å². The van der Waals surface area contributed by atoms with Gasteiger partial charge in [0.15, 0.2) is 0 Å². The number of aromatic nitrogens is 1. The molecule has 0 aliphatic rings. The smallest absolute Gasteiger partial charge is 0.241 e. The minimum absolute atomic E-state index is 0.0589. The zero-order valence-corrected chi connectivity index (χ0v) is 17.5. The SMILES string of the molecule is C=C(C)/C(=C\N(C)CC(=O)N(C)C)c1ccc(-c2cncc3ccccc23)cc1. The minimum Gasteiger partial charge on any atom is -0.371 e. The summed E-state index contributed by atoms with van der Waals surface area (Å²) in [5.74, 6) is 0.0589. The van der Waals surface area contributed by atoms with E-state index in [0.717, 1.165) is 33.2 Å². The number of amides is 1. The minimum atomic E-state index is 0.0589. The zero-order chi connectivity index (χ0) is 21.0. The van der Waals surface area contributed by atoms with Gasteiger partial charge in [0.1, 0.15) is 0 Å². The summed E-state index contributed by atoms with van der Waals surface area (Å²) in [5.41, 5.74) is 5.27. The molecule has 0 saturated heterocycles. The van der Waals surface area contributed by atoms with Crippen LogP contribution in [0.5, 0.6) is 0 Å². The van der Waals surface area contributed by atoms with Crippen LogP contribution in [-0.4, -0.2) is 48.4 Å². The first-order valence-electron chi connectivity index (χ1n) is 9.58. The van der Waals surface area contributed by atoms with Crippen molar-refractivity contribution >= 4 is 22.3 Å². The average Bonchev–Trinajstić information content (AvgIpc) is 2.71. The van der Waals surface area contributed by atoms with E-state index in [2.05, 4.69) is 48.0 Å². The van der Waals surface area contributed by atoms with Gasteiger partial charge in [-0.15, -0.1) is 0 Å². The van der Waals surface area contributed by atoms with Crippen LogP contribution >= 0.6 is 0 Å². The molecule has 3 rings (SSSR count). The fourth-order valence-corrected chi connectivity index (χ4v) is 3.23. The van der Waals surface area contributed by atoms with E-state index >= 15 is 0 Å². The first kappa shape index (κ1) is 20.3. The molecule has 0 spiro atoms. The Morgan fingerprint density at radius 2 is 1.72 bits per heavy atom. The summed E-state index contributed by atoms with van der Waals surface area (Å²) in [4.78, 5) is 19.9. The molecule has 0 atom stereocenters. The molecule has 0 N–H and O–H groups in total. The van der Waals surface area contributed by atoms with E-state index in [1.165, 1.54) is 5.39 Å². The van der Waals surface area contributed by atoms with E-state index in [0.29, 0.717) is 6.54 Å². The van der Waals surface area contributed by atoms with Crippen LogP contribution in [0, 0.1) is 0 Å². The van der Waals surface area contributed by atoms with Gasteiger partial charge in [-0.05, 0) is 34.6 Å². The summed E-state index contributed by atoms with van der Waals surface area (Å²) < 4.78 is 0. The Balaban J connectivity index is 1.91. The number of hydrogen-bond acceptors (Lipinski definition) is 3. The Kier molecular flexibility index (Phi) is 6.13. The van der Waals surface area contributed by atoms with Crippen LogP contribution in [0.25, 0.3) is 27.5 Å². The summed E-state index contributed by atoms with van der Waals surface area (Å²) in [6.07, 6.45) is 5.78. The lowest BCUT2D eigenvalue weighted by molar-refractivity contribution is -0.129. The first-order valence-corrected chi connectivity index (χ1v) is 9.58. The number of carbonyl (C=O) groups is 1. The van der Waals surface area contributed by atoms with Crippen LogP contribution in [0.4, 0.5) is 0 Å². The van der Waals surface area contributed by atoms with E-state index < -0.39 is 0 Å². The summed E-state index contributed by atoms with van der Waals surface area (Å²) in [6.45, 7) is 6.43. The van der Waals surface area contributed by atoms with Gasteiger partial charge in [-0.25, -0.2) is 0 Å². The van der Waals surface area contributed by atoms with Crippen molar-refractivity contribution in [2.45, 2.75) is 6.92 Å². The topological polar surface area (TPSA) is 36.4 Å². The lowest BCUT2D eigenvalue weighted by Gasteiger charge is -2.19. The van der Waals surface area contributed by atoms with Crippen molar-refractivity contribution in [3.63, 3.8) is 0 Å². The van der Waals surface area contributed by atoms with Crippen LogP contribution in [0.2, 0.25) is 0 Å². The highest BCUT2D eigenvalue weighted by molar-refractivity contribution is 5.96. The Morgan fingerprint density at radius 3 is 2.38 bits per heavy atom. The highest BCUT2D eigenvalue weighted by Crippen LogP contribution is 2.30. The molecule has 4 nitrogen and oxygen atoms in total. The summed E-state index contributed by atoms with van der Waals surface area (Å²) in [7, 11) is 5.43. The number of benzene rings is 2. The second-order valence-corrected chi connectivity index (χ2v) is 7.51. The van der Waals surface area contributed by atoms with Crippen LogP contribution in [0.3, 0.4) is 0 Å². The number of pyridine rings is 1. The Hall–Kier alpha value is -3.40. The molecule has 0 fully saturated rings. The van der Waals surface area contributed by atoms with Crippen molar-refractivity contribution < 1.29 is 4.79 Å². The molecular weight excluding hydrogens is 358 g/mol. The van der Waals surface area contributed by atoms with E-state index in [4.69, 9.17) is 0 Å². The zero-order valence-electron chi connectivity index (χ0n) is 17.5. The summed E-state index contributed by atoms with van der Waals surface area (Å²) >= 11 is 0.